The van der Waals surface area contributed by atoms with Crippen molar-refractivity contribution >= 4 is 16.6 Å². The van der Waals surface area contributed by atoms with Crippen molar-refractivity contribution in [2.24, 2.45) is 0 Å². The molecule has 1 aliphatic heterocycles. The lowest BCUT2D eigenvalue weighted by Crippen LogP contribution is -2.58. The summed E-state index contributed by atoms with van der Waals surface area (Å²) in [4.78, 5) is 21.1. The smallest absolute Gasteiger partial charge is 0.189 e. The van der Waals surface area contributed by atoms with Gasteiger partial charge in [-0.2, -0.15) is 0 Å². The molecule has 1 fully saturated rings. The average Bonchev–Trinajstić information content (AvgIpc) is 2.76. The summed E-state index contributed by atoms with van der Waals surface area (Å²) in [6.07, 6.45) is 2.52. The van der Waals surface area contributed by atoms with E-state index in [0.717, 1.165) is 48.2 Å². The highest BCUT2D eigenvalue weighted by atomic mass is 16.1. The van der Waals surface area contributed by atoms with Gasteiger partial charge >= 0.3 is 0 Å². The summed E-state index contributed by atoms with van der Waals surface area (Å²) in [5.41, 5.74) is 0.857. The van der Waals surface area contributed by atoms with Crippen molar-refractivity contribution in [3.05, 3.63) is 78.1 Å². The zero-order valence-corrected chi connectivity index (χ0v) is 15.7. The van der Waals surface area contributed by atoms with Crippen LogP contribution in [0, 0.1) is 0 Å². The Hall–Kier alpha value is -2.56. The fourth-order valence-electron chi connectivity index (χ4n) is 4.28. The molecular weight excluding hydrogens is 334 g/mol. The molecule has 2 heterocycles. The second-order valence-corrected chi connectivity index (χ2v) is 7.03. The summed E-state index contributed by atoms with van der Waals surface area (Å²) >= 11 is 0. The van der Waals surface area contributed by atoms with Gasteiger partial charge in [-0.3, -0.25) is 14.7 Å². The number of piperazine rings is 1. The Bertz CT molecular complexity index is 929. The van der Waals surface area contributed by atoms with E-state index < -0.39 is 5.54 Å². The van der Waals surface area contributed by atoms with Crippen molar-refractivity contribution < 1.29 is 4.79 Å². The van der Waals surface area contributed by atoms with E-state index in [1.807, 2.05) is 54.7 Å². The van der Waals surface area contributed by atoms with E-state index in [-0.39, 0.29) is 5.78 Å². The van der Waals surface area contributed by atoms with Gasteiger partial charge < -0.3 is 5.32 Å². The summed E-state index contributed by atoms with van der Waals surface area (Å²) in [5, 5.41) is 5.59. The Morgan fingerprint density at radius 1 is 1.04 bits per heavy atom. The summed E-state index contributed by atoms with van der Waals surface area (Å²) < 4.78 is 0. The standard InChI is InChI=1S/C23H25N3O/c1-2-23(26-16-14-24-15-17-26,22(27)19-9-4-3-5-10-19)21-20-11-7-6-8-18(20)12-13-25-21/h3-13,24H,2,14-17H2,1H3. The fourth-order valence-corrected chi connectivity index (χ4v) is 4.28. The van der Waals surface area contributed by atoms with Crippen LogP contribution in [0.15, 0.2) is 66.9 Å². The van der Waals surface area contributed by atoms with Crippen LogP contribution in [0.4, 0.5) is 0 Å². The Labute approximate surface area is 160 Å². The van der Waals surface area contributed by atoms with Gasteiger partial charge in [0.1, 0.15) is 5.54 Å². The molecule has 4 rings (SSSR count). The van der Waals surface area contributed by atoms with Gasteiger partial charge in [0, 0.05) is 43.3 Å². The van der Waals surface area contributed by atoms with Crippen molar-refractivity contribution in [2.75, 3.05) is 26.2 Å². The number of nitrogens with one attached hydrogen (secondary N) is 1. The molecule has 4 nitrogen and oxygen atoms in total. The fraction of sp³-hybridized carbons (Fsp3) is 0.304. The monoisotopic (exact) mass is 359 g/mol. The number of ketones is 1. The Morgan fingerprint density at radius 3 is 2.48 bits per heavy atom. The molecule has 3 aromatic rings. The number of hydrogen-bond donors (Lipinski definition) is 1. The summed E-state index contributed by atoms with van der Waals surface area (Å²) in [6.45, 7) is 5.53. The van der Waals surface area contributed by atoms with Crippen LogP contribution in [0.5, 0.6) is 0 Å². The van der Waals surface area contributed by atoms with Crippen LogP contribution in [-0.4, -0.2) is 41.8 Å². The largest absolute Gasteiger partial charge is 0.314 e. The minimum Gasteiger partial charge on any atom is -0.314 e. The predicted molar refractivity (Wildman–Crippen MR) is 109 cm³/mol. The molecule has 1 saturated heterocycles. The molecule has 0 radical (unpaired) electrons. The highest BCUT2D eigenvalue weighted by Crippen LogP contribution is 2.38. The molecule has 4 heteroatoms. The maximum Gasteiger partial charge on any atom is 0.189 e. The molecule has 0 aliphatic carbocycles. The SMILES string of the molecule is CCC(C(=O)c1ccccc1)(c1nccc2ccccc12)N1CCNCC1. The number of aromatic nitrogens is 1. The number of carbonyl (C=O) groups is 1. The Kier molecular flexibility index (Phi) is 5.01. The normalized spacial score (nSPS) is 17.5. The lowest BCUT2D eigenvalue weighted by Gasteiger charge is -2.44. The van der Waals surface area contributed by atoms with Gasteiger partial charge in [0.15, 0.2) is 5.78 Å². The molecular formula is C23H25N3O. The molecule has 0 amide bonds. The van der Waals surface area contributed by atoms with E-state index in [2.05, 4.69) is 29.3 Å². The number of Topliss-reactive ketones (excluding diaryl/α,β-unsaturated/α-hetero) is 1. The van der Waals surface area contributed by atoms with Gasteiger partial charge in [-0.25, -0.2) is 0 Å². The zero-order chi connectivity index (χ0) is 18.7. The van der Waals surface area contributed by atoms with Crippen LogP contribution in [0.25, 0.3) is 10.8 Å². The molecule has 1 aliphatic rings. The third-order valence-corrected chi connectivity index (χ3v) is 5.65. The zero-order valence-electron chi connectivity index (χ0n) is 15.7. The van der Waals surface area contributed by atoms with Crippen molar-refractivity contribution in [3.8, 4) is 0 Å². The van der Waals surface area contributed by atoms with Crippen molar-refractivity contribution in [1.29, 1.82) is 0 Å². The summed E-state index contributed by atoms with van der Waals surface area (Å²) in [7, 11) is 0. The van der Waals surface area contributed by atoms with Crippen LogP contribution < -0.4 is 5.32 Å². The molecule has 27 heavy (non-hydrogen) atoms. The van der Waals surface area contributed by atoms with Crippen LogP contribution in [0.1, 0.15) is 29.4 Å². The highest BCUT2D eigenvalue weighted by molar-refractivity contribution is 6.05. The Morgan fingerprint density at radius 2 is 1.74 bits per heavy atom. The lowest BCUT2D eigenvalue weighted by molar-refractivity contribution is 0.0442. The van der Waals surface area contributed by atoms with Crippen LogP contribution in [0.2, 0.25) is 0 Å². The number of pyridine rings is 1. The van der Waals surface area contributed by atoms with Gasteiger partial charge in [-0.1, -0.05) is 61.5 Å². The van der Waals surface area contributed by atoms with E-state index in [9.17, 15) is 4.79 Å². The average molecular weight is 359 g/mol. The topological polar surface area (TPSA) is 45.2 Å². The molecule has 138 valence electrons. The summed E-state index contributed by atoms with van der Waals surface area (Å²) in [5.74, 6) is 0.136. The molecule has 1 aromatic heterocycles. The third kappa shape index (κ3) is 3.05. The minimum absolute atomic E-state index is 0.136. The molecule has 2 aromatic carbocycles. The maximum absolute atomic E-state index is 13.9. The first-order chi connectivity index (χ1) is 13.3. The molecule has 0 spiro atoms. The number of fused-ring (bicyclic) bond motifs is 1. The number of rotatable bonds is 5. The molecule has 1 unspecified atom stereocenters. The van der Waals surface area contributed by atoms with E-state index in [1.54, 1.807) is 0 Å². The van der Waals surface area contributed by atoms with Crippen molar-refractivity contribution in [1.82, 2.24) is 15.2 Å². The minimum atomic E-state index is -0.760. The molecule has 1 N–H and O–H groups in total. The van der Waals surface area contributed by atoms with E-state index >= 15 is 0 Å². The van der Waals surface area contributed by atoms with Crippen LogP contribution >= 0.6 is 0 Å². The van der Waals surface area contributed by atoms with Gasteiger partial charge in [0.25, 0.3) is 0 Å². The molecule has 0 saturated carbocycles. The summed E-state index contributed by atoms with van der Waals surface area (Å²) in [6, 6.07) is 19.9. The van der Waals surface area contributed by atoms with E-state index in [1.165, 1.54) is 0 Å². The number of carbonyl (C=O) groups excluding carboxylic acids is 1. The van der Waals surface area contributed by atoms with Crippen molar-refractivity contribution in [3.63, 3.8) is 0 Å². The third-order valence-electron chi connectivity index (χ3n) is 5.65. The first-order valence-corrected chi connectivity index (χ1v) is 9.67. The number of benzene rings is 2. The molecule has 1 atom stereocenters. The first-order valence-electron chi connectivity index (χ1n) is 9.67. The highest BCUT2D eigenvalue weighted by Gasteiger charge is 2.46. The predicted octanol–water partition coefficient (Wildman–Crippen LogP) is 3.63. The van der Waals surface area contributed by atoms with Gasteiger partial charge in [0.05, 0.1) is 5.69 Å². The van der Waals surface area contributed by atoms with E-state index in [0.29, 0.717) is 6.42 Å². The number of nitrogens with zero attached hydrogens (tertiary/aromatic N) is 2. The van der Waals surface area contributed by atoms with E-state index in [4.69, 9.17) is 4.98 Å². The first kappa shape index (κ1) is 17.8. The maximum atomic E-state index is 13.9. The number of hydrogen-bond acceptors (Lipinski definition) is 4. The van der Waals surface area contributed by atoms with Crippen molar-refractivity contribution in [2.45, 2.75) is 18.9 Å². The second-order valence-electron chi connectivity index (χ2n) is 7.03. The van der Waals surface area contributed by atoms with Gasteiger partial charge in [-0.15, -0.1) is 0 Å². The van der Waals surface area contributed by atoms with Crippen LogP contribution in [0.3, 0.4) is 0 Å². The van der Waals surface area contributed by atoms with Gasteiger partial charge in [0.2, 0.25) is 0 Å². The van der Waals surface area contributed by atoms with Crippen LogP contribution in [-0.2, 0) is 5.54 Å². The Balaban J connectivity index is 1.96. The van der Waals surface area contributed by atoms with Gasteiger partial charge in [-0.05, 0) is 17.9 Å². The second kappa shape index (κ2) is 7.59. The lowest BCUT2D eigenvalue weighted by atomic mass is 9.79. The molecule has 0 bridgehead atoms. The quantitative estimate of drug-likeness (QED) is 0.707.